The Morgan fingerprint density at radius 1 is 0.390 bits per heavy atom. The van der Waals surface area contributed by atoms with E-state index in [9.17, 15) is 0 Å². The van der Waals surface area contributed by atoms with Gasteiger partial charge < -0.3 is 9.97 Å². The molecule has 8 bridgehead atoms. The number of allylic oxidation sites excluding steroid dienone is 4. The third-order valence-corrected chi connectivity index (χ3v) is 8.97. The summed E-state index contributed by atoms with van der Waals surface area (Å²) >= 11 is 0. The molecule has 0 saturated heterocycles. The SMILES string of the molecule is CCC1=C(CC)c2cc3[nH]c(cc4nc(cc5[nH]c(cc1n2)c(CC)c5CC)C(CC)=C4CC)c(CC)c3CC.[Zn]. The molecule has 2 aliphatic rings. The van der Waals surface area contributed by atoms with Gasteiger partial charge in [0.05, 0.1) is 22.8 Å². The topological polar surface area (TPSA) is 57.4 Å². The third kappa shape index (κ3) is 5.31. The van der Waals surface area contributed by atoms with Crippen molar-refractivity contribution < 1.29 is 19.5 Å². The Bertz CT molecular complexity index is 1440. The maximum Gasteiger partial charge on any atom is 0.0693 e. The molecule has 0 amide bonds. The van der Waals surface area contributed by atoms with E-state index < -0.39 is 0 Å². The van der Waals surface area contributed by atoms with Crippen LogP contribution in [0.2, 0.25) is 0 Å². The summed E-state index contributed by atoms with van der Waals surface area (Å²) in [5.41, 5.74) is 20.2. The molecule has 0 unspecified atom stereocenters. The average molecular weight is 600 g/mol. The largest absolute Gasteiger partial charge is 0.355 e. The molecule has 0 radical (unpaired) electrons. The van der Waals surface area contributed by atoms with E-state index in [2.05, 4.69) is 89.6 Å². The maximum absolute atomic E-state index is 5.29. The number of aromatic nitrogens is 4. The molecule has 5 heterocycles. The zero-order valence-electron chi connectivity index (χ0n) is 26.6. The molecule has 0 spiro atoms. The fourth-order valence-corrected chi connectivity index (χ4v) is 7.10. The third-order valence-electron chi connectivity index (χ3n) is 8.97. The molecular weight excluding hydrogens is 554 g/mol. The fraction of sp³-hybridized carbons (Fsp3) is 0.444. The first-order chi connectivity index (χ1) is 19.5. The van der Waals surface area contributed by atoms with Crippen LogP contribution in [-0.2, 0) is 45.2 Å². The van der Waals surface area contributed by atoms with Crippen molar-refractivity contribution in [2.45, 2.75) is 107 Å². The molecule has 2 aliphatic heterocycles. The second-order valence-corrected chi connectivity index (χ2v) is 10.9. The summed E-state index contributed by atoms with van der Waals surface area (Å²) in [6.45, 7) is 18.1. The van der Waals surface area contributed by atoms with Crippen LogP contribution in [0.15, 0.2) is 24.3 Å². The van der Waals surface area contributed by atoms with E-state index >= 15 is 0 Å². The van der Waals surface area contributed by atoms with Gasteiger partial charge in [-0.3, -0.25) is 0 Å². The number of fused-ring (bicyclic) bond motifs is 8. The van der Waals surface area contributed by atoms with Crippen LogP contribution in [0.5, 0.6) is 0 Å². The van der Waals surface area contributed by atoms with Gasteiger partial charge in [0.15, 0.2) is 0 Å². The van der Waals surface area contributed by atoms with Crippen LogP contribution in [0.4, 0.5) is 0 Å². The Morgan fingerprint density at radius 2 is 0.610 bits per heavy atom. The standard InChI is InChI=1S/C36H46N4.Zn/c1-9-21-22(10-2)30-18-32-25(13-5)26(14-6)34(39-32)20-36-28(16-8)27(15-7)35(40-36)19-33-24(12-4)23(11-3)31(38-33)17-29(21)37-30;/h17-20,37,40H,9-16H2,1-8H3;. The normalized spacial score (nSPS) is 13.3. The summed E-state index contributed by atoms with van der Waals surface area (Å²) in [6.07, 6.45) is 7.84. The molecule has 3 aromatic rings. The summed E-state index contributed by atoms with van der Waals surface area (Å²) in [5, 5.41) is 0. The monoisotopic (exact) mass is 598 g/mol. The number of aromatic amines is 2. The summed E-state index contributed by atoms with van der Waals surface area (Å²) in [7, 11) is 0. The Kier molecular flexibility index (Phi) is 9.90. The predicted octanol–water partition coefficient (Wildman–Crippen LogP) is 10.0. The molecule has 3 aromatic heterocycles. The van der Waals surface area contributed by atoms with E-state index in [4.69, 9.17) is 9.97 Å². The van der Waals surface area contributed by atoms with Gasteiger partial charge in [0.1, 0.15) is 0 Å². The molecule has 0 atom stereocenters. The minimum absolute atomic E-state index is 0. The van der Waals surface area contributed by atoms with Gasteiger partial charge in [-0.1, -0.05) is 55.4 Å². The Hall–Kier alpha value is -2.78. The van der Waals surface area contributed by atoms with Crippen molar-refractivity contribution in [1.29, 1.82) is 0 Å². The van der Waals surface area contributed by atoms with Gasteiger partial charge in [-0.25, -0.2) is 9.97 Å². The van der Waals surface area contributed by atoms with Gasteiger partial charge in [0.2, 0.25) is 0 Å². The van der Waals surface area contributed by atoms with Crippen LogP contribution in [-0.4, -0.2) is 19.9 Å². The van der Waals surface area contributed by atoms with E-state index in [1.807, 2.05) is 0 Å². The average Bonchev–Trinajstić information content (AvgIpc) is 3.67. The van der Waals surface area contributed by atoms with Crippen molar-refractivity contribution >= 4 is 44.4 Å². The summed E-state index contributed by atoms with van der Waals surface area (Å²) in [6, 6.07) is 9.24. The Morgan fingerprint density at radius 3 is 0.780 bits per heavy atom. The van der Waals surface area contributed by atoms with Crippen molar-refractivity contribution in [1.82, 2.24) is 19.9 Å². The van der Waals surface area contributed by atoms with Crippen LogP contribution < -0.4 is 0 Å². The van der Waals surface area contributed by atoms with Gasteiger partial charge in [0.25, 0.3) is 0 Å². The first kappa shape index (κ1) is 31.2. The molecule has 2 N–H and O–H groups in total. The molecule has 212 valence electrons. The first-order valence-electron chi connectivity index (χ1n) is 15.7. The Balaban J connectivity index is 0.00000387. The van der Waals surface area contributed by atoms with E-state index in [0.29, 0.717) is 0 Å². The van der Waals surface area contributed by atoms with Gasteiger partial charge in [0, 0.05) is 41.5 Å². The van der Waals surface area contributed by atoms with Gasteiger partial charge >= 0.3 is 0 Å². The van der Waals surface area contributed by atoms with Crippen LogP contribution in [0.25, 0.3) is 44.4 Å². The molecule has 0 aromatic carbocycles. The predicted molar refractivity (Wildman–Crippen MR) is 173 cm³/mol. The van der Waals surface area contributed by atoms with Gasteiger partial charge in [-0.15, -0.1) is 0 Å². The maximum atomic E-state index is 5.29. The number of hydrogen-bond donors (Lipinski definition) is 2. The van der Waals surface area contributed by atoms with Crippen LogP contribution in [0.3, 0.4) is 0 Å². The molecule has 5 heteroatoms. The molecule has 0 saturated carbocycles. The molecule has 41 heavy (non-hydrogen) atoms. The van der Waals surface area contributed by atoms with Crippen LogP contribution >= 0.6 is 0 Å². The first-order valence-corrected chi connectivity index (χ1v) is 15.7. The minimum atomic E-state index is 0. The van der Waals surface area contributed by atoms with Crippen LogP contribution in [0, 0.1) is 0 Å². The van der Waals surface area contributed by atoms with Crippen molar-refractivity contribution in [3.8, 4) is 0 Å². The van der Waals surface area contributed by atoms with Crippen molar-refractivity contribution in [2.75, 3.05) is 0 Å². The number of hydrogen-bond acceptors (Lipinski definition) is 2. The zero-order chi connectivity index (χ0) is 28.6. The molecule has 0 fully saturated rings. The van der Waals surface area contributed by atoms with E-state index in [1.165, 1.54) is 66.6 Å². The zero-order valence-corrected chi connectivity index (χ0v) is 29.5. The summed E-state index contributed by atoms with van der Waals surface area (Å²) in [5.74, 6) is 0. The quantitative estimate of drug-likeness (QED) is 0.253. The molecule has 4 nitrogen and oxygen atoms in total. The number of nitrogens with zero attached hydrogens (tertiary/aromatic N) is 2. The van der Waals surface area contributed by atoms with Gasteiger partial charge in [-0.05, 0) is 120 Å². The second kappa shape index (κ2) is 13.0. The van der Waals surface area contributed by atoms with Gasteiger partial charge in [-0.2, -0.15) is 0 Å². The number of rotatable bonds is 8. The number of nitrogens with one attached hydrogen (secondary N) is 2. The molecule has 0 aliphatic carbocycles. The molecule has 5 rings (SSSR count). The van der Waals surface area contributed by atoms with E-state index in [-0.39, 0.29) is 19.5 Å². The van der Waals surface area contributed by atoms with E-state index in [0.717, 1.165) is 74.1 Å². The van der Waals surface area contributed by atoms with Crippen molar-refractivity contribution in [3.63, 3.8) is 0 Å². The molecular formula is C36H46N4Zn. The van der Waals surface area contributed by atoms with Crippen molar-refractivity contribution in [3.05, 3.63) is 69.3 Å². The Labute approximate surface area is 259 Å². The summed E-state index contributed by atoms with van der Waals surface area (Å²) < 4.78 is 0. The van der Waals surface area contributed by atoms with Crippen molar-refractivity contribution in [2.24, 2.45) is 0 Å². The van der Waals surface area contributed by atoms with Crippen LogP contribution in [0.1, 0.15) is 126 Å². The fourth-order valence-electron chi connectivity index (χ4n) is 7.10. The summed E-state index contributed by atoms with van der Waals surface area (Å²) in [4.78, 5) is 18.2. The van der Waals surface area contributed by atoms with E-state index in [1.54, 1.807) is 0 Å². The number of H-pyrrole nitrogens is 2. The smallest absolute Gasteiger partial charge is 0.0693 e. The number of aryl methyl sites for hydroxylation is 4. The minimum Gasteiger partial charge on any atom is -0.355 e. The second-order valence-electron chi connectivity index (χ2n) is 10.9.